The van der Waals surface area contributed by atoms with Gasteiger partial charge in [-0.15, -0.1) is 5.10 Å². The Morgan fingerprint density at radius 1 is 1.00 bits per heavy atom. The van der Waals surface area contributed by atoms with Crippen molar-refractivity contribution in [2.75, 3.05) is 35.7 Å². The van der Waals surface area contributed by atoms with Crippen LogP contribution in [-0.4, -0.2) is 59.3 Å². The molecule has 180 valence electrons. The highest BCUT2D eigenvalue weighted by Gasteiger charge is 2.31. The molecule has 1 fully saturated rings. The molecule has 4 heterocycles. The van der Waals surface area contributed by atoms with Crippen molar-refractivity contribution in [3.8, 4) is 11.5 Å². The first-order valence-electron chi connectivity index (χ1n) is 11.6. The van der Waals surface area contributed by atoms with Gasteiger partial charge in [0, 0.05) is 37.5 Å². The predicted octanol–water partition coefficient (Wildman–Crippen LogP) is 3.19. The third kappa shape index (κ3) is 4.07. The second kappa shape index (κ2) is 9.23. The number of hydrogen-bond acceptors (Lipinski definition) is 9. The monoisotopic (exact) mass is 481 g/mol. The van der Waals surface area contributed by atoms with E-state index >= 15 is 0 Å². The van der Waals surface area contributed by atoms with Gasteiger partial charge in [-0.2, -0.15) is 0 Å². The Bertz CT molecular complexity index is 1430. The summed E-state index contributed by atoms with van der Waals surface area (Å²) in [6.45, 7) is 1.47. The lowest BCUT2D eigenvalue weighted by molar-refractivity contribution is -0.116. The Kier molecular flexibility index (Phi) is 5.62. The fourth-order valence-electron chi connectivity index (χ4n) is 4.26. The van der Waals surface area contributed by atoms with Gasteiger partial charge in [0.15, 0.2) is 0 Å². The third-order valence-electron chi connectivity index (χ3n) is 6.18. The molecule has 2 aromatic carbocycles. The topological polar surface area (TPSA) is 118 Å². The standard InChI is InChI=1S/C26H23N7O3/c1-35-17-14-33(15-17)23-19(11-7-13-27-23)25-31-32-26(36-25)30-22-24(34)28-20-12-6-5-10-18(20)21(29-22)16-8-3-2-4-9-16/h2-13,17,22H,14-15H2,1H3,(H,28,34)(H,30,32). The van der Waals surface area contributed by atoms with Gasteiger partial charge in [0.05, 0.1) is 23.1 Å². The Hall–Kier alpha value is -4.57. The van der Waals surface area contributed by atoms with Crippen LogP contribution in [0.2, 0.25) is 0 Å². The number of rotatable bonds is 6. The summed E-state index contributed by atoms with van der Waals surface area (Å²) in [6, 6.07) is 21.1. The molecule has 1 amide bonds. The molecule has 1 atom stereocenters. The predicted molar refractivity (Wildman–Crippen MR) is 135 cm³/mol. The number of methoxy groups -OCH3 is 1. The zero-order valence-corrected chi connectivity index (χ0v) is 19.5. The van der Waals surface area contributed by atoms with Crippen molar-refractivity contribution < 1.29 is 13.9 Å². The first-order chi connectivity index (χ1) is 17.7. The molecule has 0 aliphatic carbocycles. The number of anilines is 3. The van der Waals surface area contributed by atoms with E-state index in [0.29, 0.717) is 22.9 Å². The number of benzodiazepines with no additional fused rings is 1. The lowest BCUT2D eigenvalue weighted by Gasteiger charge is -2.39. The van der Waals surface area contributed by atoms with Gasteiger partial charge in [0.1, 0.15) is 5.82 Å². The number of amides is 1. The minimum absolute atomic E-state index is 0.0837. The summed E-state index contributed by atoms with van der Waals surface area (Å²) in [6.07, 6.45) is 0.920. The maximum Gasteiger partial charge on any atom is 0.317 e. The molecule has 2 aliphatic heterocycles. The molecule has 10 heteroatoms. The largest absolute Gasteiger partial charge is 0.403 e. The quantitative estimate of drug-likeness (QED) is 0.431. The number of nitrogens with one attached hydrogen (secondary N) is 2. The fourth-order valence-corrected chi connectivity index (χ4v) is 4.26. The van der Waals surface area contributed by atoms with Crippen molar-refractivity contribution in [2.45, 2.75) is 12.3 Å². The van der Waals surface area contributed by atoms with E-state index in [9.17, 15) is 4.79 Å². The SMILES string of the molecule is COC1CN(c2ncccc2-c2nnc(NC3N=C(c4ccccc4)c4ccccc4NC3=O)o2)C1. The molecule has 2 aliphatic rings. The van der Waals surface area contributed by atoms with E-state index in [4.69, 9.17) is 14.1 Å². The number of para-hydroxylation sites is 1. The van der Waals surface area contributed by atoms with E-state index in [0.717, 1.165) is 30.0 Å². The summed E-state index contributed by atoms with van der Waals surface area (Å²) in [5.74, 6) is 0.709. The highest BCUT2D eigenvalue weighted by atomic mass is 16.5. The molecule has 2 aromatic heterocycles. The maximum atomic E-state index is 13.1. The number of aromatic nitrogens is 3. The van der Waals surface area contributed by atoms with Crippen LogP contribution in [0.3, 0.4) is 0 Å². The molecule has 2 N–H and O–H groups in total. The van der Waals surface area contributed by atoms with Gasteiger partial charge in [0.25, 0.3) is 11.8 Å². The van der Waals surface area contributed by atoms with Crippen molar-refractivity contribution in [1.82, 2.24) is 15.2 Å². The molecule has 4 aromatic rings. The van der Waals surface area contributed by atoms with E-state index < -0.39 is 6.17 Å². The molecule has 1 saturated heterocycles. The van der Waals surface area contributed by atoms with Crippen LogP contribution in [0.5, 0.6) is 0 Å². The molecular formula is C26H23N7O3. The smallest absolute Gasteiger partial charge is 0.317 e. The lowest BCUT2D eigenvalue weighted by atomic mass is 10.0. The number of aliphatic imine (C=N–C) groups is 1. The Morgan fingerprint density at radius 2 is 1.78 bits per heavy atom. The molecular weight excluding hydrogens is 458 g/mol. The van der Waals surface area contributed by atoms with E-state index in [-0.39, 0.29) is 18.0 Å². The summed E-state index contributed by atoms with van der Waals surface area (Å²) in [5.41, 5.74) is 3.80. The summed E-state index contributed by atoms with van der Waals surface area (Å²) in [4.78, 5) is 24.4. The number of nitrogens with zero attached hydrogens (tertiary/aromatic N) is 5. The summed E-state index contributed by atoms with van der Waals surface area (Å²) < 4.78 is 11.3. The molecule has 10 nitrogen and oxygen atoms in total. The van der Waals surface area contributed by atoms with Crippen LogP contribution < -0.4 is 15.5 Å². The molecule has 0 spiro atoms. The molecule has 1 unspecified atom stereocenters. The second-order valence-electron chi connectivity index (χ2n) is 8.48. The van der Waals surface area contributed by atoms with Gasteiger partial charge >= 0.3 is 6.01 Å². The minimum atomic E-state index is -0.980. The van der Waals surface area contributed by atoms with E-state index in [1.807, 2.05) is 66.7 Å². The van der Waals surface area contributed by atoms with E-state index in [2.05, 4.69) is 30.7 Å². The van der Waals surface area contributed by atoms with Gasteiger partial charge in [-0.25, -0.2) is 9.98 Å². The maximum absolute atomic E-state index is 13.1. The second-order valence-corrected chi connectivity index (χ2v) is 8.48. The zero-order valence-electron chi connectivity index (χ0n) is 19.5. The van der Waals surface area contributed by atoms with Crippen LogP contribution in [0.1, 0.15) is 11.1 Å². The highest BCUT2D eigenvalue weighted by Crippen LogP contribution is 2.32. The van der Waals surface area contributed by atoms with Gasteiger partial charge in [-0.3, -0.25) is 4.79 Å². The average Bonchev–Trinajstić information content (AvgIpc) is 3.30. The summed E-state index contributed by atoms with van der Waals surface area (Å²) in [5, 5.41) is 14.3. The molecule has 0 radical (unpaired) electrons. The van der Waals surface area contributed by atoms with Crippen LogP contribution >= 0.6 is 0 Å². The zero-order chi connectivity index (χ0) is 24.5. The summed E-state index contributed by atoms with van der Waals surface area (Å²) >= 11 is 0. The minimum Gasteiger partial charge on any atom is -0.403 e. The number of carbonyl (C=O) groups excluding carboxylic acids is 1. The number of fused-ring (bicyclic) bond motifs is 1. The van der Waals surface area contributed by atoms with Crippen molar-refractivity contribution >= 4 is 29.1 Å². The molecule has 0 bridgehead atoms. The van der Waals surface area contributed by atoms with Crippen molar-refractivity contribution in [1.29, 1.82) is 0 Å². The molecule has 0 saturated carbocycles. The number of benzene rings is 2. The third-order valence-corrected chi connectivity index (χ3v) is 6.18. The van der Waals surface area contributed by atoms with Crippen LogP contribution in [0.15, 0.2) is 82.3 Å². The highest BCUT2D eigenvalue weighted by molar-refractivity contribution is 6.19. The number of carbonyl (C=O) groups is 1. The fraction of sp³-hybridized carbons (Fsp3) is 0.192. The Morgan fingerprint density at radius 3 is 2.61 bits per heavy atom. The number of pyridine rings is 1. The number of ether oxygens (including phenoxy) is 1. The normalized spacial score (nSPS) is 17.5. The van der Waals surface area contributed by atoms with Crippen LogP contribution in [-0.2, 0) is 9.53 Å². The van der Waals surface area contributed by atoms with Crippen LogP contribution in [0.4, 0.5) is 17.5 Å². The van der Waals surface area contributed by atoms with Crippen molar-refractivity contribution in [3.63, 3.8) is 0 Å². The van der Waals surface area contributed by atoms with Crippen LogP contribution in [0.25, 0.3) is 11.5 Å². The van der Waals surface area contributed by atoms with Gasteiger partial charge in [-0.05, 0) is 18.2 Å². The first kappa shape index (κ1) is 21.9. The average molecular weight is 482 g/mol. The van der Waals surface area contributed by atoms with E-state index in [1.165, 1.54) is 0 Å². The number of hydrogen-bond donors (Lipinski definition) is 2. The van der Waals surface area contributed by atoms with Gasteiger partial charge < -0.3 is 24.7 Å². The molecule has 36 heavy (non-hydrogen) atoms. The lowest BCUT2D eigenvalue weighted by Crippen LogP contribution is -2.52. The van der Waals surface area contributed by atoms with Gasteiger partial charge in [-0.1, -0.05) is 53.6 Å². The van der Waals surface area contributed by atoms with E-state index in [1.54, 1.807) is 13.3 Å². The Labute approximate surface area is 207 Å². The van der Waals surface area contributed by atoms with Crippen LogP contribution in [0, 0.1) is 0 Å². The van der Waals surface area contributed by atoms with Crippen molar-refractivity contribution in [3.05, 3.63) is 84.1 Å². The van der Waals surface area contributed by atoms with Gasteiger partial charge in [0.2, 0.25) is 6.17 Å². The first-order valence-corrected chi connectivity index (χ1v) is 11.6. The Balaban J connectivity index is 1.30. The summed E-state index contributed by atoms with van der Waals surface area (Å²) in [7, 11) is 1.70. The van der Waals surface area contributed by atoms with Crippen molar-refractivity contribution in [2.24, 2.45) is 4.99 Å². The molecule has 6 rings (SSSR count).